The van der Waals surface area contributed by atoms with Crippen LogP contribution in [0, 0.1) is 5.92 Å². The Hall–Kier alpha value is -4.67. The van der Waals surface area contributed by atoms with E-state index in [1.165, 1.54) is 21.2 Å². The second-order valence-electron chi connectivity index (χ2n) is 10.4. The average Bonchev–Trinajstić information content (AvgIpc) is 3.47. The number of amides is 3. The topological polar surface area (TPSA) is 97.7 Å². The van der Waals surface area contributed by atoms with E-state index in [0.717, 1.165) is 27.7 Å². The van der Waals surface area contributed by atoms with Crippen LogP contribution in [0.5, 0.6) is 5.75 Å². The largest absolute Gasteiger partial charge is 0.497 e. The molecule has 1 saturated heterocycles. The number of ether oxygens (including phenoxy) is 1. The zero-order valence-corrected chi connectivity index (χ0v) is 24.6. The summed E-state index contributed by atoms with van der Waals surface area (Å²) in [6.07, 6.45) is 0. The van der Waals surface area contributed by atoms with Crippen LogP contribution in [0.25, 0.3) is 10.8 Å². The predicted octanol–water partition coefficient (Wildman–Crippen LogP) is 5.51. The van der Waals surface area contributed by atoms with Gasteiger partial charge >= 0.3 is 4.87 Å². The Morgan fingerprint density at radius 2 is 1.58 bits per heavy atom. The number of methoxy groups -OCH3 is 1. The lowest BCUT2D eigenvalue weighted by atomic mass is 9.83. The number of fused-ring (bicyclic) bond motifs is 3. The van der Waals surface area contributed by atoms with Crippen LogP contribution in [0.1, 0.15) is 16.4 Å². The van der Waals surface area contributed by atoms with Gasteiger partial charge in [-0.3, -0.25) is 23.7 Å². The van der Waals surface area contributed by atoms with E-state index < -0.39 is 17.1 Å². The molecule has 3 unspecified atom stereocenters. The second kappa shape index (κ2) is 10.9. The number of thioether (sulfide) groups is 1. The standard InChI is InChI=1S/C33H25N3O5S2/c1-41-22-16-14-20(15-17-22)26-27-28(31(39)36(30(27)38)21-10-3-2-4-11-21)42-32-29(26)43-33(40)35(32)18-25(37)34-24-13-7-9-19-8-5-6-12-23(19)24/h2-17,26-28H,18H2,1H3,(H,34,37). The third kappa shape index (κ3) is 4.63. The van der Waals surface area contributed by atoms with Crippen molar-refractivity contribution in [1.29, 1.82) is 0 Å². The molecular formula is C33H25N3O5S2. The minimum Gasteiger partial charge on any atom is -0.497 e. The monoisotopic (exact) mass is 607 g/mol. The molecule has 10 heteroatoms. The van der Waals surface area contributed by atoms with Crippen molar-refractivity contribution in [3.8, 4) is 5.75 Å². The molecule has 4 aromatic carbocycles. The van der Waals surface area contributed by atoms with E-state index in [1.54, 1.807) is 43.5 Å². The van der Waals surface area contributed by atoms with E-state index in [2.05, 4.69) is 5.32 Å². The highest BCUT2D eigenvalue weighted by atomic mass is 32.2. The molecule has 7 rings (SSSR count). The number of benzene rings is 4. The summed E-state index contributed by atoms with van der Waals surface area (Å²) in [6.45, 7) is -0.224. The fourth-order valence-electron chi connectivity index (χ4n) is 5.93. The Morgan fingerprint density at radius 3 is 2.35 bits per heavy atom. The maximum Gasteiger partial charge on any atom is 0.308 e. The van der Waals surface area contributed by atoms with Gasteiger partial charge in [-0.15, -0.1) is 0 Å². The van der Waals surface area contributed by atoms with Crippen molar-refractivity contribution in [3.63, 3.8) is 0 Å². The van der Waals surface area contributed by atoms with E-state index in [0.29, 0.717) is 27.0 Å². The van der Waals surface area contributed by atoms with Gasteiger partial charge in [0.25, 0.3) is 0 Å². The molecule has 43 heavy (non-hydrogen) atoms. The molecular weight excluding hydrogens is 583 g/mol. The Kier molecular flexibility index (Phi) is 6.87. The normalized spacial score (nSPS) is 19.3. The number of hydrogen-bond acceptors (Lipinski definition) is 7. The van der Waals surface area contributed by atoms with E-state index in [1.807, 2.05) is 60.7 Å². The first-order valence-electron chi connectivity index (χ1n) is 13.7. The van der Waals surface area contributed by atoms with E-state index >= 15 is 0 Å². The van der Waals surface area contributed by atoms with Crippen LogP contribution in [0.3, 0.4) is 0 Å². The molecule has 1 fully saturated rings. The summed E-state index contributed by atoms with van der Waals surface area (Å²) >= 11 is 2.22. The van der Waals surface area contributed by atoms with Crippen molar-refractivity contribution < 1.29 is 19.1 Å². The average molecular weight is 608 g/mol. The lowest BCUT2D eigenvalue weighted by Crippen LogP contribution is -2.33. The van der Waals surface area contributed by atoms with Crippen LogP contribution < -0.4 is 19.8 Å². The van der Waals surface area contributed by atoms with Gasteiger partial charge in [0, 0.05) is 21.9 Å². The molecule has 5 aromatic rings. The molecule has 0 spiro atoms. The molecule has 3 heterocycles. The van der Waals surface area contributed by atoms with Crippen molar-refractivity contribution in [2.75, 3.05) is 17.3 Å². The highest BCUT2D eigenvalue weighted by Crippen LogP contribution is 2.54. The number of nitrogens with zero attached hydrogens (tertiary/aromatic N) is 2. The van der Waals surface area contributed by atoms with Crippen LogP contribution in [-0.2, 0) is 20.9 Å². The quantitative estimate of drug-likeness (QED) is 0.256. The molecule has 0 saturated carbocycles. The Bertz CT molecular complexity index is 1950. The summed E-state index contributed by atoms with van der Waals surface area (Å²) in [6, 6.07) is 29.6. The first-order valence-corrected chi connectivity index (χ1v) is 15.4. The summed E-state index contributed by atoms with van der Waals surface area (Å²) in [4.78, 5) is 56.2. The molecule has 1 N–H and O–H groups in total. The van der Waals surface area contributed by atoms with Crippen LogP contribution in [0.4, 0.5) is 11.4 Å². The fourth-order valence-corrected chi connectivity index (χ4v) is 8.70. The number of hydrogen-bond donors (Lipinski definition) is 1. The van der Waals surface area contributed by atoms with Gasteiger partial charge in [-0.1, -0.05) is 89.8 Å². The number of imide groups is 1. The van der Waals surface area contributed by atoms with Gasteiger partial charge in [-0.25, -0.2) is 4.90 Å². The highest BCUT2D eigenvalue weighted by Gasteiger charge is 2.56. The third-order valence-corrected chi connectivity index (χ3v) is 10.5. The molecule has 2 aliphatic heterocycles. The number of aromatic nitrogens is 1. The van der Waals surface area contributed by atoms with Gasteiger partial charge in [-0.05, 0) is 41.3 Å². The number of rotatable bonds is 6. The number of thiazole rings is 1. The van der Waals surface area contributed by atoms with Crippen LogP contribution >= 0.6 is 23.1 Å². The van der Waals surface area contributed by atoms with Gasteiger partial charge in [0.2, 0.25) is 17.7 Å². The maximum absolute atomic E-state index is 14.0. The third-order valence-electron chi connectivity index (χ3n) is 7.90. The fraction of sp³-hybridized carbons (Fsp3) is 0.152. The number of carbonyl (C=O) groups is 3. The van der Waals surface area contributed by atoms with E-state index in [9.17, 15) is 19.2 Å². The summed E-state index contributed by atoms with van der Waals surface area (Å²) in [7, 11) is 1.58. The zero-order valence-electron chi connectivity index (χ0n) is 22.9. The zero-order chi connectivity index (χ0) is 29.7. The minimum atomic E-state index is -0.756. The summed E-state index contributed by atoms with van der Waals surface area (Å²) < 4.78 is 6.77. The van der Waals surface area contributed by atoms with Crippen LogP contribution in [0.15, 0.2) is 107 Å². The van der Waals surface area contributed by atoms with Crippen LogP contribution in [-0.4, -0.2) is 34.6 Å². The smallest absolute Gasteiger partial charge is 0.308 e. The van der Waals surface area contributed by atoms with E-state index in [-0.39, 0.29) is 29.1 Å². The number of para-hydroxylation sites is 1. The molecule has 8 nitrogen and oxygen atoms in total. The highest BCUT2D eigenvalue weighted by molar-refractivity contribution is 8.00. The van der Waals surface area contributed by atoms with Crippen molar-refractivity contribution in [3.05, 3.63) is 117 Å². The minimum absolute atomic E-state index is 0.224. The molecule has 0 bridgehead atoms. The lowest BCUT2D eigenvalue weighted by Gasteiger charge is -2.30. The molecule has 0 aliphatic carbocycles. The van der Waals surface area contributed by atoms with Gasteiger partial charge < -0.3 is 10.1 Å². The van der Waals surface area contributed by atoms with Crippen LogP contribution in [0.2, 0.25) is 0 Å². The van der Waals surface area contributed by atoms with Gasteiger partial charge in [0.1, 0.15) is 17.5 Å². The predicted molar refractivity (Wildman–Crippen MR) is 168 cm³/mol. The SMILES string of the molecule is COc1ccc(C2c3sc(=O)n(CC(=O)Nc4cccc5ccccc45)c3SC3C(=O)N(c4ccccc4)C(=O)C32)cc1. The second-order valence-corrected chi connectivity index (χ2v) is 12.5. The Labute approximate surface area is 254 Å². The first kappa shape index (κ1) is 27.2. The summed E-state index contributed by atoms with van der Waals surface area (Å²) in [5, 5.41) is 4.63. The van der Waals surface area contributed by atoms with Crippen molar-refractivity contribution in [2.45, 2.75) is 22.7 Å². The lowest BCUT2D eigenvalue weighted by molar-refractivity contribution is -0.122. The summed E-state index contributed by atoms with van der Waals surface area (Å²) in [5.41, 5.74) is 1.96. The number of nitrogens with one attached hydrogen (secondary N) is 1. The summed E-state index contributed by atoms with van der Waals surface area (Å²) in [5.74, 6) is -1.60. The van der Waals surface area contributed by atoms with Crippen molar-refractivity contribution >= 4 is 63.0 Å². The number of anilines is 2. The van der Waals surface area contributed by atoms with E-state index in [4.69, 9.17) is 4.74 Å². The molecule has 3 amide bonds. The van der Waals surface area contributed by atoms with Gasteiger partial charge in [-0.2, -0.15) is 0 Å². The Morgan fingerprint density at radius 1 is 0.860 bits per heavy atom. The van der Waals surface area contributed by atoms with Gasteiger partial charge in [0.05, 0.1) is 23.7 Å². The number of carbonyl (C=O) groups excluding carboxylic acids is 3. The molecule has 0 radical (unpaired) electrons. The van der Waals surface area contributed by atoms with Crippen molar-refractivity contribution in [1.82, 2.24) is 4.57 Å². The maximum atomic E-state index is 14.0. The Balaban J connectivity index is 1.28. The molecule has 214 valence electrons. The first-order chi connectivity index (χ1) is 20.9. The van der Waals surface area contributed by atoms with Crippen molar-refractivity contribution in [2.24, 2.45) is 5.92 Å². The molecule has 3 atom stereocenters. The molecule has 1 aromatic heterocycles. The molecule has 2 aliphatic rings. The van der Waals surface area contributed by atoms with Gasteiger partial charge in [0.15, 0.2) is 0 Å².